The molecule has 2 aromatic carbocycles. The van der Waals surface area contributed by atoms with Gasteiger partial charge < -0.3 is 15.5 Å². The minimum absolute atomic E-state index is 0.387. The van der Waals surface area contributed by atoms with Gasteiger partial charge in [-0.25, -0.2) is 23.0 Å². The van der Waals surface area contributed by atoms with Crippen molar-refractivity contribution < 1.29 is 37.4 Å². The molecule has 0 heterocycles. The van der Waals surface area contributed by atoms with E-state index in [-0.39, 0.29) is 5.69 Å². The molecule has 0 aliphatic heterocycles. The van der Waals surface area contributed by atoms with Gasteiger partial charge in [0.15, 0.2) is 11.6 Å². The van der Waals surface area contributed by atoms with Crippen molar-refractivity contribution in [3.8, 4) is 0 Å². The van der Waals surface area contributed by atoms with Crippen molar-refractivity contribution in [1.82, 2.24) is 5.48 Å². The predicted octanol–water partition coefficient (Wildman–Crippen LogP) is 2.00. The summed E-state index contributed by atoms with van der Waals surface area (Å²) in [6, 6.07) is 3.97. The molecule has 26 heavy (non-hydrogen) atoms. The third-order valence-corrected chi connectivity index (χ3v) is 3.18. The molecule has 0 aliphatic rings. The number of aliphatic hydroxyl groups excluding tert-OH is 2. The predicted molar refractivity (Wildman–Crippen MR) is 82.5 cm³/mol. The Morgan fingerprint density at radius 1 is 1.12 bits per heavy atom. The van der Waals surface area contributed by atoms with Crippen molar-refractivity contribution >= 4 is 17.3 Å². The molecule has 10 heteroatoms. The Labute approximate surface area is 145 Å². The fourth-order valence-electron chi connectivity index (χ4n) is 1.90. The van der Waals surface area contributed by atoms with Crippen molar-refractivity contribution in [3.63, 3.8) is 0 Å². The van der Waals surface area contributed by atoms with E-state index in [0.29, 0.717) is 12.1 Å². The van der Waals surface area contributed by atoms with E-state index >= 15 is 0 Å². The van der Waals surface area contributed by atoms with Crippen LogP contribution in [0.15, 0.2) is 30.3 Å². The van der Waals surface area contributed by atoms with E-state index < -0.39 is 59.7 Å². The van der Waals surface area contributed by atoms with Crippen LogP contribution < -0.4 is 10.8 Å². The second-order valence-electron chi connectivity index (χ2n) is 5.11. The highest BCUT2D eigenvalue weighted by molar-refractivity contribution is 5.99. The Bertz CT molecular complexity index is 804. The standard InChI is InChI=1S/C16H14F4N2O4/c17-8-1-4-13(12(19)5-8)21-15-10(2-3-11(18)14(15)20)16(25)22-26-7-9(24)6-23/h1-5,9,21,23-24H,6-7H2,(H,22,25)/t9-/m1/s1. The molecule has 0 radical (unpaired) electrons. The molecule has 0 saturated carbocycles. The molecule has 1 atom stereocenters. The molecule has 0 bridgehead atoms. The number of hydrogen-bond acceptors (Lipinski definition) is 5. The van der Waals surface area contributed by atoms with Crippen LogP contribution in [0.1, 0.15) is 10.4 Å². The lowest BCUT2D eigenvalue weighted by atomic mass is 10.1. The van der Waals surface area contributed by atoms with Crippen molar-refractivity contribution in [2.75, 3.05) is 18.5 Å². The number of aliphatic hydroxyl groups is 2. The fraction of sp³-hybridized carbons (Fsp3) is 0.188. The molecule has 2 rings (SSSR count). The van der Waals surface area contributed by atoms with Gasteiger partial charge in [0, 0.05) is 6.07 Å². The number of hydrogen-bond donors (Lipinski definition) is 4. The summed E-state index contributed by atoms with van der Waals surface area (Å²) in [5.74, 6) is -5.75. The number of nitrogens with one attached hydrogen (secondary N) is 2. The summed E-state index contributed by atoms with van der Waals surface area (Å²) in [6.07, 6.45) is -1.26. The molecule has 140 valence electrons. The molecule has 1 amide bonds. The summed E-state index contributed by atoms with van der Waals surface area (Å²) in [5.41, 5.74) is 0.347. The number of halogens is 4. The van der Waals surface area contributed by atoms with Crippen LogP contribution in [0.2, 0.25) is 0 Å². The number of rotatable bonds is 7. The van der Waals surface area contributed by atoms with Crippen LogP contribution in [-0.4, -0.2) is 35.4 Å². The van der Waals surface area contributed by atoms with Crippen LogP contribution in [0.4, 0.5) is 28.9 Å². The molecule has 6 nitrogen and oxygen atoms in total. The van der Waals surface area contributed by atoms with Gasteiger partial charge in [-0.3, -0.25) is 9.63 Å². The van der Waals surface area contributed by atoms with E-state index in [4.69, 9.17) is 10.2 Å². The quantitative estimate of drug-likeness (QED) is 0.440. The van der Waals surface area contributed by atoms with Crippen LogP contribution in [0.25, 0.3) is 0 Å². The highest BCUT2D eigenvalue weighted by Gasteiger charge is 2.20. The highest BCUT2D eigenvalue weighted by Crippen LogP contribution is 2.28. The van der Waals surface area contributed by atoms with Crippen molar-refractivity contribution in [3.05, 3.63) is 59.2 Å². The van der Waals surface area contributed by atoms with Crippen LogP contribution in [0, 0.1) is 23.3 Å². The number of carbonyl (C=O) groups is 1. The van der Waals surface area contributed by atoms with E-state index in [2.05, 4.69) is 10.2 Å². The lowest BCUT2D eigenvalue weighted by Gasteiger charge is -2.15. The maximum Gasteiger partial charge on any atom is 0.277 e. The molecule has 4 N–H and O–H groups in total. The maximum atomic E-state index is 14.1. The number of hydroxylamine groups is 1. The lowest BCUT2D eigenvalue weighted by molar-refractivity contribution is -0.0295. The summed E-state index contributed by atoms with van der Waals surface area (Å²) >= 11 is 0. The van der Waals surface area contributed by atoms with Crippen LogP contribution in [0.5, 0.6) is 0 Å². The normalized spacial score (nSPS) is 11.9. The third kappa shape index (κ3) is 4.69. The topological polar surface area (TPSA) is 90.8 Å². The van der Waals surface area contributed by atoms with Crippen LogP contribution in [-0.2, 0) is 4.84 Å². The Balaban J connectivity index is 2.27. The first-order valence-electron chi connectivity index (χ1n) is 7.24. The maximum absolute atomic E-state index is 14.1. The summed E-state index contributed by atoms with van der Waals surface area (Å²) in [5, 5.41) is 19.9. The van der Waals surface area contributed by atoms with E-state index in [1.807, 2.05) is 5.48 Å². The first-order chi connectivity index (χ1) is 12.3. The summed E-state index contributed by atoms with van der Waals surface area (Å²) < 4.78 is 54.3. The zero-order chi connectivity index (χ0) is 19.3. The van der Waals surface area contributed by atoms with Gasteiger partial charge in [0.05, 0.1) is 23.5 Å². The third-order valence-electron chi connectivity index (χ3n) is 3.18. The molecule has 0 fully saturated rings. The van der Waals surface area contributed by atoms with E-state index in [9.17, 15) is 22.4 Å². The van der Waals surface area contributed by atoms with Gasteiger partial charge in [-0.1, -0.05) is 0 Å². The Hall–Kier alpha value is -2.69. The van der Waals surface area contributed by atoms with Gasteiger partial charge in [-0.05, 0) is 24.3 Å². The minimum atomic E-state index is -1.46. The molecule has 0 unspecified atom stereocenters. The fourth-order valence-corrected chi connectivity index (χ4v) is 1.90. The number of anilines is 2. The van der Waals surface area contributed by atoms with E-state index in [1.54, 1.807) is 0 Å². The SMILES string of the molecule is O=C(NOC[C@H](O)CO)c1ccc(F)c(F)c1Nc1ccc(F)cc1F. The largest absolute Gasteiger partial charge is 0.394 e. The summed E-state index contributed by atoms with van der Waals surface area (Å²) in [6.45, 7) is -1.07. The van der Waals surface area contributed by atoms with E-state index in [0.717, 1.165) is 18.2 Å². The minimum Gasteiger partial charge on any atom is -0.394 e. The van der Waals surface area contributed by atoms with Gasteiger partial charge in [-0.2, -0.15) is 0 Å². The second-order valence-corrected chi connectivity index (χ2v) is 5.11. The van der Waals surface area contributed by atoms with Crippen LogP contribution in [0.3, 0.4) is 0 Å². The Morgan fingerprint density at radius 3 is 2.50 bits per heavy atom. The van der Waals surface area contributed by atoms with Crippen LogP contribution >= 0.6 is 0 Å². The Kier molecular flexibility index (Phi) is 6.50. The zero-order valence-corrected chi connectivity index (χ0v) is 13.1. The second kappa shape index (κ2) is 8.61. The average Bonchev–Trinajstić information content (AvgIpc) is 2.60. The Morgan fingerprint density at radius 2 is 1.85 bits per heavy atom. The molecule has 0 aliphatic carbocycles. The molecule has 0 spiro atoms. The van der Waals surface area contributed by atoms with Gasteiger partial charge in [0.1, 0.15) is 24.3 Å². The molecule has 0 saturated heterocycles. The van der Waals surface area contributed by atoms with Crippen molar-refractivity contribution in [2.45, 2.75) is 6.10 Å². The molecular weight excluding hydrogens is 360 g/mol. The first-order valence-corrected chi connectivity index (χ1v) is 7.24. The van der Waals surface area contributed by atoms with Crippen molar-refractivity contribution in [2.24, 2.45) is 0 Å². The molecular formula is C16H14F4N2O4. The first kappa shape index (κ1) is 19.6. The smallest absolute Gasteiger partial charge is 0.277 e. The van der Waals surface area contributed by atoms with Gasteiger partial charge in [0.2, 0.25) is 0 Å². The van der Waals surface area contributed by atoms with Gasteiger partial charge in [-0.15, -0.1) is 0 Å². The number of amides is 1. The summed E-state index contributed by atoms with van der Waals surface area (Å²) in [7, 11) is 0. The monoisotopic (exact) mass is 374 g/mol. The summed E-state index contributed by atoms with van der Waals surface area (Å²) in [4.78, 5) is 16.7. The number of carbonyl (C=O) groups excluding carboxylic acids is 1. The molecule has 2 aromatic rings. The molecule has 0 aromatic heterocycles. The van der Waals surface area contributed by atoms with Gasteiger partial charge in [0.25, 0.3) is 5.91 Å². The highest BCUT2D eigenvalue weighted by atomic mass is 19.2. The lowest BCUT2D eigenvalue weighted by Crippen LogP contribution is -2.30. The van der Waals surface area contributed by atoms with Gasteiger partial charge >= 0.3 is 0 Å². The van der Waals surface area contributed by atoms with E-state index in [1.165, 1.54) is 0 Å². The average molecular weight is 374 g/mol. The number of benzene rings is 2. The zero-order valence-electron chi connectivity index (χ0n) is 13.1. The van der Waals surface area contributed by atoms with Crippen molar-refractivity contribution in [1.29, 1.82) is 0 Å².